The van der Waals surface area contributed by atoms with Crippen LogP contribution in [0, 0.1) is 0 Å². The molecule has 0 bridgehead atoms. The first-order chi connectivity index (χ1) is 9.90. The maximum absolute atomic E-state index is 12.1. The molecule has 0 aliphatic heterocycles. The summed E-state index contributed by atoms with van der Waals surface area (Å²) in [6.45, 7) is 6.82. The fraction of sp³-hybridized carbons (Fsp3) is 0.500. The van der Waals surface area contributed by atoms with Gasteiger partial charge >= 0.3 is 5.97 Å². The van der Waals surface area contributed by atoms with E-state index in [0.717, 1.165) is 25.6 Å². The number of sulfonamides is 1. The Kier molecular flexibility index (Phi) is 6.80. The van der Waals surface area contributed by atoms with Gasteiger partial charge in [-0.2, -0.15) is 0 Å². The molecular weight excluding hydrogens is 292 g/mol. The average Bonchev–Trinajstić information content (AvgIpc) is 2.46. The summed E-state index contributed by atoms with van der Waals surface area (Å²) in [6, 6.07) is 5.33. The van der Waals surface area contributed by atoms with Gasteiger partial charge in [0.05, 0.1) is 10.5 Å². The van der Waals surface area contributed by atoms with Crippen molar-refractivity contribution in [3.63, 3.8) is 0 Å². The number of hydrogen-bond donors (Lipinski definition) is 2. The maximum Gasteiger partial charge on any atom is 0.335 e. The highest BCUT2D eigenvalue weighted by molar-refractivity contribution is 7.89. The first kappa shape index (κ1) is 17.6. The molecule has 0 fully saturated rings. The van der Waals surface area contributed by atoms with Crippen LogP contribution in [0.4, 0.5) is 0 Å². The molecular formula is C14H22N2O4S. The minimum absolute atomic E-state index is 0.0269. The van der Waals surface area contributed by atoms with E-state index < -0.39 is 16.0 Å². The van der Waals surface area contributed by atoms with Crippen molar-refractivity contribution >= 4 is 16.0 Å². The lowest BCUT2D eigenvalue weighted by Gasteiger charge is -2.19. The van der Waals surface area contributed by atoms with Crippen molar-refractivity contribution in [3.8, 4) is 0 Å². The Hall–Kier alpha value is -1.44. The second-order valence-corrected chi connectivity index (χ2v) is 6.43. The summed E-state index contributed by atoms with van der Waals surface area (Å²) in [4.78, 5) is 13.0. The van der Waals surface area contributed by atoms with E-state index in [2.05, 4.69) is 16.5 Å². The molecule has 0 heterocycles. The standard InChI is InChI=1S/C14H22N2O4S/c1-3-9-16(4-2)10-8-15-21(19,20)13-7-5-6-12(11-13)14(17)18/h5-7,11,15H,3-4,8-10H2,1-2H3,(H,17,18). The highest BCUT2D eigenvalue weighted by Crippen LogP contribution is 2.11. The number of hydrogen-bond acceptors (Lipinski definition) is 4. The summed E-state index contributed by atoms with van der Waals surface area (Å²) < 4.78 is 26.7. The van der Waals surface area contributed by atoms with Crippen molar-refractivity contribution in [2.75, 3.05) is 26.2 Å². The fourth-order valence-corrected chi connectivity index (χ4v) is 3.03. The molecule has 0 aromatic heterocycles. The van der Waals surface area contributed by atoms with Crippen molar-refractivity contribution in [3.05, 3.63) is 29.8 Å². The van der Waals surface area contributed by atoms with E-state index >= 15 is 0 Å². The first-order valence-corrected chi connectivity index (χ1v) is 8.44. The highest BCUT2D eigenvalue weighted by Gasteiger charge is 2.15. The second kappa shape index (κ2) is 8.11. The summed E-state index contributed by atoms with van der Waals surface area (Å²) >= 11 is 0. The molecule has 0 saturated heterocycles. The lowest BCUT2D eigenvalue weighted by Crippen LogP contribution is -2.35. The lowest BCUT2D eigenvalue weighted by atomic mass is 10.2. The van der Waals surface area contributed by atoms with E-state index in [1.165, 1.54) is 18.2 Å². The van der Waals surface area contributed by atoms with Gasteiger partial charge in [-0.05, 0) is 37.7 Å². The van der Waals surface area contributed by atoms with Gasteiger partial charge in [-0.25, -0.2) is 17.9 Å². The Balaban J connectivity index is 2.69. The quantitative estimate of drug-likeness (QED) is 0.719. The smallest absolute Gasteiger partial charge is 0.335 e. The monoisotopic (exact) mass is 314 g/mol. The zero-order valence-corrected chi connectivity index (χ0v) is 13.2. The number of nitrogens with one attached hydrogen (secondary N) is 1. The zero-order chi connectivity index (χ0) is 15.9. The number of carboxylic acids is 1. The van der Waals surface area contributed by atoms with Crippen LogP contribution in [0.2, 0.25) is 0 Å². The molecule has 118 valence electrons. The Morgan fingerprint density at radius 3 is 2.57 bits per heavy atom. The predicted molar refractivity (Wildman–Crippen MR) is 81.0 cm³/mol. The summed E-state index contributed by atoms with van der Waals surface area (Å²) in [5.41, 5.74) is -0.0426. The number of likely N-dealkylation sites (N-methyl/N-ethyl adjacent to an activating group) is 1. The van der Waals surface area contributed by atoms with Gasteiger partial charge in [0, 0.05) is 13.1 Å². The zero-order valence-electron chi connectivity index (χ0n) is 12.4. The lowest BCUT2D eigenvalue weighted by molar-refractivity contribution is 0.0696. The summed E-state index contributed by atoms with van der Waals surface area (Å²) in [5.74, 6) is -1.15. The molecule has 2 N–H and O–H groups in total. The van der Waals surface area contributed by atoms with Crippen molar-refractivity contribution < 1.29 is 18.3 Å². The predicted octanol–water partition coefficient (Wildman–Crippen LogP) is 1.40. The van der Waals surface area contributed by atoms with E-state index in [-0.39, 0.29) is 10.5 Å². The van der Waals surface area contributed by atoms with Crippen molar-refractivity contribution in [1.29, 1.82) is 0 Å². The number of carboxylic acid groups (broad SMARTS) is 1. The van der Waals surface area contributed by atoms with Gasteiger partial charge in [-0.15, -0.1) is 0 Å². The Bertz CT molecular complexity index is 572. The van der Waals surface area contributed by atoms with E-state index in [0.29, 0.717) is 13.1 Å². The van der Waals surface area contributed by atoms with Gasteiger partial charge < -0.3 is 10.0 Å². The largest absolute Gasteiger partial charge is 0.478 e. The molecule has 7 heteroatoms. The Morgan fingerprint density at radius 1 is 1.29 bits per heavy atom. The van der Waals surface area contributed by atoms with Crippen LogP contribution in [0.25, 0.3) is 0 Å². The van der Waals surface area contributed by atoms with Gasteiger partial charge in [0.15, 0.2) is 0 Å². The first-order valence-electron chi connectivity index (χ1n) is 6.96. The van der Waals surface area contributed by atoms with Gasteiger partial charge in [0.25, 0.3) is 0 Å². The molecule has 0 saturated carbocycles. The maximum atomic E-state index is 12.1. The third kappa shape index (κ3) is 5.45. The van der Waals surface area contributed by atoms with E-state index in [9.17, 15) is 13.2 Å². The molecule has 6 nitrogen and oxygen atoms in total. The third-order valence-corrected chi connectivity index (χ3v) is 4.56. The molecule has 1 aromatic rings. The van der Waals surface area contributed by atoms with Crippen LogP contribution in [0.3, 0.4) is 0 Å². The number of nitrogens with zero attached hydrogens (tertiary/aromatic N) is 1. The van der Waals surface area contributed by atoms with Crippen molar-refractivity contribution in [2.45, 2.75) is 25.2 Å². The Labute approximate surface area is 125 Å². The average molecular weight is 314 g/mol. The van der Waals surface area contributed by atoms with E-state index in [1.54, 1.807) is 0 Å². The Morgan fingerprint density at radius 2 is 2.00 bits per heavy atom. The number of aromatic carboxylic acids is 1. The van der Waals surface area contributed by atoms with Crippen LogP contribution < -0.4 is 4.72 Å². The number of rotatable bonds is 9. The number of carbonyl (C=O) groups is 1. The van der Waals surface area contributed by atoms with Gasteiger partial charge in [0.1, 0.15) is 0 Å². The summed E-state index contributed by atoms with van der Waals surface area (Å²) in [7, 11) is -3.68. The molecule has 21 heavy (non-hydrogen) atoms. The van der Waals surface area contributed by atoms with Gasteiger partial charge in [-0.1, -0.05) is 19.9 Å². The fourth-order valence-electron chi connectivity index (χ4n) is 1.96. The molecule has 0 atom stereocenters. The van der Waals surface area contributed by atoms with Crippen LogP contribution in [0.1, 0.15) is 30.6 Å². The van der Waals surface area contributed by atoms with Crippen LogP contribution in [0.15, 0.2) is 29.2 Å². The van der Waals surface area contributed by atoms with Crippen LogP contribution in [-0.2, 0) is 10.0 Å². The van der Waals surface area contributed by atoms with Crippen LogP contribution in [-0.4, -0.2) is 50.6 Å². The van der Waals surface area contributed by atoms with Crippen LogP contribution in [0.5, 0.6) is 0 Å². The highest BCUT2D eigenvalue weighted by atomic mass is 32.2. The molecule has 0 amide bonds. The second-order valence-electron chi connectivity index (χ2n) is 4.67. The topological polar surface area (TPSA) is 86.7 Å². The van der Waals surface area contributed by atoms with Crippen molar-refractivity contribution in [1.82, 2.24) is 9.62 Å². The third-order valence-electron chi connectivity index (χ3n) is 3.10. The van der Waals surface area contributed by atoms with Gasteiger partial charge in [-0.3, -0.25) is 0 Å². The molecule has 1 aromatic carbocycles. The number of benzene rings is 1. The summed E-state index contributed by atoms with van der Waals surface area (Å²) in [5, 5.41) is 8.89. The SMILES string of the molecule is CCCN(CC)CCNS(=O)(=O)c1cccc(C(=O)O)c1. The molecule has 0 radical (unpaired) electrons. The normalized spacial score (nSPS) is 11.8. The molecule has 1 rings (SSSR count). The molecule has 0 aliphatic rings. The van der Waals surface area contributed by atoms with Gasteiger partial charge in [0.2, 0.25) is 10.0 Å². The van der Waals surface area contributed by atoms with E-state index in [1.807, 2.05) is 6.92 Å². The molecule has 0 unspecified atom stereocenters. The minimum atomic E-state index is -3.68. The van der Waals surface area contributed by atoms with E-state index in [4.69, 9.17) is 5.11 Å². The van der Waals surface area contributed by atoms with Crippen LogP contribution >= 0.6 is 0 Å². The molecule has 0 spiro atoms. The van der Waals surface area contributed by atoms with Crippen molar-refractivity contribution in [2.24, 2.45) is 0 Å². The molecule has 0 aliphatic carbocycles. The summed E-state index contributed by atoms with van der Waals surface area (Å²) in [6.07, 6.45) is 1.02. The minimum Gasteiger partial charge on any atom is -0.478 e.